The first-order valence-corrected chi connectivity index (χ1v) is 11.7. The van der Waals surface area contributed by atoms with E-state index in [9.17, 15) is 0 Å². The van der Waals surface area contributed by atoms with Crippen LogP contribution < -0.4 is 5.73 Å². The van der Waals surface area contributed by atoms with Crippen LogP contribution in [0.5, 0.6) is 0 Å². The van der Waals surface area contributed by atoms with Crippen LogP contribution in [-0.2, 0) is 6.42 Å². The molecule has 2 heterocycles. The number of aromatic nitrogens is 2. The van der Waals surface area contributed by atoms with Gasteiger partial charge in [-0.2, -0.15) is 0 Å². The quantitative estimate of drug-likeness (QED) is 0.360. The van der Waals surface area contributed by atoms with E-state index in [1.54, 1.807) is 0 Å². The normalized spacial score (nSPS) is 20.2. The summed E-state index contributed by atoms with van der Waals surface area (Å²) in [7, 11) is 0. The first-order valence-electron chi connectivity index (χ1n) is 10.9. The summed E-state index contributed by atoms with van der Waals surface area (Å²) < 4.78 is 0. The van der Waals surface area contributed by atoms with Gasteiger partial charge < -0.3 is 5.73 Å². The van der Waals surface area contributed by atoms with Gasteiger partial charge in [0.2, 0.25) is 0 Å². The first kappa shape index (κ1) is 20.7. The van der Waals surface area contributed by atoms with Gasteiger partial charge in [0.15, 0.2) is 0 Å². The Morgan fingerprint density at radius 1 is 0.871 bits per heavy atom. The van der Waals surface area contributed by atoms with Crippen molar-refractivity contribution in [3.05, 3.63) is 82.1 Å². The smallest absolute Gasteiger partial charge is 0.0720 e. The molecule has 5 heteroatoms. The highest BCUT2D eigenvalue weighted by Gasteiger charge is 2.28. The van der Waals surface area contributed by atoms with E-state index in [4.69, 9.17) is 28.9 Å². The van der Waals surface area contributed by atoms with Gasteiger partial charge in [-0.1, -0.05) is 48.2 Å². The summed E-state index contributed by atoms with van der Waals surface area (Å²) in [6.07, 6.45) is 9.56. The van der Waals surface area contributed by atoms with Crippen molar-refractivity contribution in [3.8, 4) is 0 Å². The number of hydrogen-bond donors (Lipinski definition) is 1. The molecule has 0 bridgehead atoms. The number of halogens is 2. The van der Waals surface area contributed by atoms with Crippen molar-refractivity contribution in [2.45, 2.75) is 38.1 Å². The molecular weight excluding hydrogens is 425 g/mol. The van der Waals surface area contributed by atoms with Crippen molar-refractivity contribution >= 4 is 45.0 Å². The number of benzene rings is 2. The number of pyridine rings is 2. The number of rotatable bonds is 4. The minimum atomic E-state index is 0.00228. The van der Waals surface area contributed by atoms with Crippen LogP contribution in [0.15, 0.2) is 60.9 Å². The van der Waals surface area contributed by atoms with Crippen LogP contribution in [0.3, 0.4) is 0 Å². The Bertz CT molecular complexity index is 1240. The van der Waals surface area contributed by atoms with E-state index >= 15 is 0 Å². The molecular formula is C26H25Cl2N3. The molecule has 4 aromatic rings. The van der Waals surface area contributed by atoms with Gasteiger partial charge in [-0.3, -0.25) is 9.97 Å². The van der Waals surface area contributed by atoms with Crippen LogP contribution in [-0.4, -0.2) is 9.97 Å². The lowest BCUT2D eigenvalue weighted by Crippen LogP contribution is -2.28. The highest BCUT2D eigenvalue weighted by atomic mass is 35.5. The zero-order chi connectivity index (χ0) is 21.4. The lowest BCUT2D eigenvalue weighted by atomic mass is 9.74. The zero-order valence-corrected chi connectivity index (χ0v) is 18.8. The van der Waals surface area contributed by atoms with Crippen molar-refractivity contribution in [2.75, 3.05) is 0 Å². The van der Waals surface area contributed by atoms with Gasteiger partial charge in [-0.05, 0) is 78.6 Å². The van der Waals surface area contributed by atoms with E-state index in [-0.39, 0.29) is 6.04 Å². The average Bonchev–Trinajstić information content (AvgIpc) is 2.78. The lowest BCUT2D eigenvalue weighted by Gasteiger charge is -2.33. The molecule has 1 aliphatic carbocycles. The summed E-state index contributed by atoms with van der Waals surface area (Å²) in [5.74, 6) is 1.08. The Morgan fingerprint density at radius 3 is 2.32 bits per heavy atom. The molecule has 0 amide bonds. The molecule has 3 atom stereocenters. The topological polar surface area (TPSA) is 51.8 Å². The molecule has 5 rings (SSSR count). The monoisotopic (exact) mass is 449 g/mol. The molecule has 2 aromatic heterocycles. The summed E-state index contributed by atoms with van der Waals surface area (Å²) >= 11 is 12.3. The second kappa shape index (κ2) is 8.74. The molecule has 0 saturated heterocycles. The molecule has 1 fully saturated rings. The average molecular weight is 450 g/mol. The molecule has 3 nitrogen and oxygen atoms in total. The molecule has 0 radical (unpaired) electrons. The third kappa shape index (κ3) is 4.27. The number of hydrogen-bond acceptors (Lipinski definition) is 3. The Labute approximate surface area is 192 Å². The summed E-state index contributed by atoms with van der Waals surface area (Å²) in [6.45, 7) is 0. The minimum absolute atomic E-state index is 0.00228. The van der Waals surface area contributed by atoms with E-state index in [2.05, 4.69) is 34.2 Å². The van der Waals surface area contributed by atoms with Gasteiger partial charge in [-0.15, -0.1) is 0 Å². The van der Waals surface area contributed by atoms with Crippen molar-refractivity contribution in [2.24, 2.45) is 17.6 Å². The number of nitrogens with zero attached hydrogens (tertiary/aromatic N) is 2. The van der Waals surface area contributed by atoms with Crippen molar-refractivity contribution in [1.29, 1.82) is 0 Å². The van der Waals surface area contributed by atoms with Gasteiger partial charge in [0.1, 0.15) is 0 Å². The maximum Gasteiger partial charge on any atom is 0.0720 e. The number of fused-ring (bicyclic) bond motifs is 2. The van der Waals surface area contributed by atoms with E-state index in [1.165, 1.54) is 35.8 Å². The fraction of sp³-hybridized carbons (Fsp3) is 0.308. The molecule has 1 saturated carbocycles. The fourth-order valence-corrected chi connectivity index (χ4v) is 5.53. The van der Waals surface area contributed by atoms with E-state index < -0.39 is 0 Å². The summed E-state index contributed by atoms with van der Waals surface area (Å²) in [6, 6.07) is 16.1. The van der Waals surface area contributed by atoms with Gasteiger partial charge in [0.25, 0.3) is 0 Å². The molecule has 0 spiro atoms. The Balaban J connectivity index is 1.38. The van der Waals surface area contributed by atoms with Gasteiger partial charge in [-0.25, -0.2) is 0 Å². The standard InChI is InChI=1S/C26H25Cl2N3/c27-19-4-6-21-17(8-10-30-24(21)14-19)12-16-2-1-3-18(13-16)26(29)23-9-11-31-25-15-20(28)5-7-22(23)25/h4-11,14-16,18,26H,1-3,12-13,29H2. The molecule has 0 aliphatic heterocycles. The lowest BCUT2D eigenvalue weighted by molar-refractivity contribution is 0.234. The van der Waals surface area contributed by atoms with Gasteiger partial charge >= 0.3 is 0 Å². The third-order valence-corrected chi connectivity index (χ3v) is 7.20. The van der Waals surface area contributed by atoms with E-state index in [1.807, 2.05) is 36.7 Å². The van der Waals surface area contributed by atoms with Crippen molar-refractivity contribution in [3.63, 3.8) is 0 Å². The maximum atomic E-state index is 6.85. The number of nitrogens with two attached hydrogens (primary N) is 1. The molecule has 31 heavy (non-hydrogen) atoms. The third-order valence-electron chi connectivity index (χ3n) is 6.73. The van der Waals surface area contributed by atoms with Crippen LogP contribution in [0.25, 0.3) is 21.8 Å². The minimum Gasteiger partial charge on any atom is -0.324 e. The second-order valence-corrected chi connectivity index (χ2v) is 9.59. The largest absolute Gasteiger partial charge is 0.324 e. The van der Waals surface area contributed by atoms with Crippen LogP contribution in [0.2, 0.25) is 10.0 Å². The summed E-state index contributed by atoms with van der Waals surface area (Å²) in [5, 5.41) is 3.75. The first-order chi connectivity index (χ1) is 15.1. The Kier molecular flexibility index (Phi) is 5.83. The fourth-order valence-electron chi connectivity index (χ4n) is 5.20. The van der Waals surface area contributed by atoms with E-state index in [0.717, 1.165) is 34.3 Å². The molecule has 2 aromatic carbocycles. The predicted octanol–water partition coefficient (Wildman–Crippen LogP) is 7.14. The van der Waals surface area contributed by atoms with Crippen LogP contribution >= 0.6 is 23.2 Å². The predicted molar refractivity (Wildman–Crippen MR) is 130 cm³/mol. The summed E-state index contributed by atoms with van der Waals surface area (Å²) in [5.41, 5.74) is 11.3. The van der Waals surface area contributed by atoms with Gasteiger partial charge in [0.05, 0.1) is 11.0 Å². The maximum absolute atomic E-state index is 6.85. The van der Waals surface area contributed by atoms with Crippen LogP contribution in [0.1, 0.15) is 42.9 Å². The van der Waals surface area contributed by atoms with Crippen LogP contribution in [0, 0.1) is 11.8 Å². The molecule has 158 valence electrons. The Morgan fingerprint density at radius 2 is 1.55 bits per heavy atom. The van der Waals surface area contributed by atoms with Gasteiger partial charge in [0, 0.05) is 39.3 Å². The highest BCUT2D eigenvalue weighted by molar-refractivity contribution is 6.31. The van der Waals surface area contributed by atoms with Crippen molar-refractivity contribution < 1.29 is 0 Å². The zero-order valence-electron chi connectivity index (χ0n) is 17.3. The molecule has 3 unspecified atom stereocenters. The SMILES string of the molecule is NC(c1ccnc2cc(Cl)ccc12)C1CCCC(Cc2ccnc3cc(Cl)ccc23)C1. The summed E-state index contributed by atoms with van der Waals surface area (Å²) in [4.78, 5) is 8.97. The van der Waals surface area contributed by atoms with E-state index in [0.29, 0.717) is 16.9 Å². The molecule has 2 N–H and O–H groups in total. The second-order valence-electron chi connectivity index (χ2n) is 8.72. The molecule has 1 aliphatic rings. The van der Waals surface area contributed by atoms with Crippen LogP contribution in [0.4, 0.5) is 0 Å². The van der Waals surface area contributed by atoms with Crippen molar-refractivity contribution in [1.82, 2.24) is 9.97 Å². The Hall–Kier alpha value is -2.20. The highest BCUT2D eigenvalue weighted by Crippen LogP contribution is 2.39.